The van der Waals surface area contributed by atoms with Crippen LogP contribution in [0, 0.1) is 5.92 Å². The van der Waals surface area contributed by atoms with Crippen LogP contribution < -0.4 is 10.0 Å². The van der Waals surface area contributed by atoms with Crippen molar-refractivity contribution in [2.45, 2.75) is 18.7 Å². The molecule has 22 heavy (non-hydrogen) atoms. The first-order valence-corrected chi connectivity index (χ1v) is 8.98. The van der Waals surface area contributed by atoms with Gasteiger partial charge in [0.2, 0.25) is 10.0 Å². The lowest BCUT2D eigenvalue weighted by molar-refractivity contribution is 0.0735. The van der Waals surface area contributed by atoms with Gasteiger partial charge in [-0.1, -0.05) is 13.8 Å². The molecular weight excluding hydrogens is 302 g/mol. The molecule has 1 aromatic carbocycles. The van der Waals surface area contributed by atoms with Gasteiger partial charge >= 0.3 is 0 Å². The summed E-state index contributed by atoms with van der Waals surface area (Å²) in [7, 11) is -3.51. The van der Waals surface area contributed by atoms with Crippen LogP contribution in [-0.4, -0.2) is 51.9 Å². The van der Waals surface area contributed by atoms with Crippen molar-refractivity contribution in [1.29, 1.82) is 0 Å². The van der Waals surface area contributed by atoms with Crippen molar-refractivity contribution in [2.24, 2.45) is 5.92 Å². The Hall–Kier alpha value is -1.44. The predicted molar refractivity (Wildman–Crippen MR) is 85.2 cm³/mol. The third-order valence-corrected chi connectivity index (χ3v) is 4.94. The summed E-state index contributed by atoms with van der Waals surface area (Å²) >= 11 is 0. The van der Waals surface area contributed by atoms with Crippen molar-refractivity contribution >= 4 is 15.9 Å². The average Bonchev–Trinajstić information content (AvgIpc) is 2.53. The molecular formula is C15H23N3O3S. The summed E-state index contributed by atoms with van der Waals surface area (Å²) in [5, 5.41) is 3.19. The van der Waals surface area contributed by atoms with Gasteiger partial charge in [-0.2, -0.15) is 0 Å². The van der Waals surface area contributed by atoms with Gasteiger partial charge in [-0.25, -0.2) is 13.1 Å². The van der Waals surface area contributed by atoms with Crippen LogP contribution in [0.5, 0.6) is 0 Å². The van der Waals surface area contributed by atoms with Gasteiger partial charge < -0.3 is 10.2 Å². The molecule has 2 N–H and O–H groups in total. The summed E-state index contributed by atoms with van der Waals surface area (Å²) in [6, 6.07) is 6.12. The second kappa shape index (κ2) is 7.21. The van der Waals surface area contributed by atoms with E-state index in [2.05, 4.69) is 10.0 Å². The fourth-order valence-corrected chi connectivity index (χ4v) is 3.40. The van der Waals surface area contributed by atoms with E-state index in [1.165, 1.54) is 12.1 Å². The Morgan fingerprint density at radius 2 is 1.82 bits per heavy atom. The molecule has 0 unspecified atom stereocenters. The van der Waals surface area contributed by atoms with E-state index < -0.39 is 10.0 Å². The molecule has 0 spiro atoms. The van der Waals surface area contributed by atoms with Gasteiger partial charge in [0.15, 0.2) is 0 Å². The first kappa shape index (κ1) is 16.9. The van der Waals surface area contributed by atoms with E-state index >= 15 is 0 Å². The van der Waals surface area contributed by atoms with Crippen molar-refractivity contribution in [3.8, 4) is 0 Å². The molecule has 7 heteroatoms. The second-order valence-corrected chi connectivity index (χ2v) is 7.58. The van der Waals surface area contributed by atoms with Crippen LogP contribution in [0.2, 0.25) is 0 Å². The topological polar surface area (TPSA) is 78.5 Å². The van der Waals surface area contributed by atoms with Gasteiger partial charge in [0.05, 0.1) is 4.90 Å². The zero-order valence-electron chi connectivity index (χ0n) is 13.0. The third-order valence-electron chi connectivity index (χ3n) is 3.50. The maximum atomic E-state index is 12.3. The normalized spacial score (nSPS) is 16.0. The number of hydrogen-bond donors (Lipinski definition) is 2. The van der Waals surface area contributed by atoms with E-state index in [4.69, 9.17) is 0 Å². The predicted octanol–water partition coefficient (Wildman–Crippen LogP) is 0.666. The highest BCUT2D eigenvalue weighted by molar-refractivity contribution is 7.89. The van der Waals surface area contributed by atoms with E-state index in [0.29, 0.717) is 25.2 Å². The van der Waals surface area contributed by atoms with Gasteiger partial charge in [-0.3, -0.25) is 4.79 Å². The van der Waals surface area contributed by atoms with Crippen LogP contribution in [-0.2, 0) is 10.0 Å². The highest BCUT2D eigenvalue weighted by Gasteiger charge is 2.19. The molecule has 1 fully saturated rings. The largest absolute Gasteiger partial charge is 0.336 e. The number of piperazine rings is 1. The lowest BCUT2D eigenvalue weighted by atomic mass is 10.2. The maximum Gasteiger partial charge on any atom is 0.253 e. The summed E-state index contributed by atoms with van der Waals surface area (Å²) in [5.74, 6) is 0.184. The standard InChI is InChI=1S/C15H23N3O3S/c1-12(2)11-17-22(20,21)14-5-3-13(4-6-14)15(19)18-9-7-16-8-10-18/h3-6,12,16-17H,7-11H2,1-2H3. The summed E-state index contributed by atoms with van der Waals surface area (Å²) in [6.07, 6.45) is 0. The molecule has 122 valence electrons. The fraction of sp³-hybridized carbons (Fsp3) is 0.533. The number of carbonyl (C=O) groups is 1. The lowest BCUT2D eigenvalue weighted by Gasteiger charge is -2.27. The fourth-order valence-electron chi connectivity index (χ4n) is 2.19. The number of carbonyl (C=O) groups excluding carboxylic acids is 1. The number of rotatable bonds is 5. The molecule has 1 amide bonds. The van der Waals surface area contributed by atoms with Crippen LogP contribution in [0.15, 0.2) is 29.2 Å². The zero-order valence-corrected chi connectivity index (χ0v) is 13.8. The third kappa shape index (κ3) is 4.28. The molecule has 2 rings (SSSR count). The zero-order chi connectivity index (χ0) is 16.2. The molecule has 0 radical (unpaired) electrons. The molecule has 6 nitrogen and oxygen atoms in total. The van der Waals surface area contributed by atoms with E-state index in [-0.39, 0.29) is 16.7 Å². The summed E-state index contributed by atoms with van der Waals surface area (Å²) < 4.78 is 26.8. The van der Waals surface area contributed by atoms with Crippen molar-refractivity contribution in [2.75, 3.05) is 32.7 Å². The number of hydrogen-bond acceptors (Lipinski definition) is 4. The summed E-state index contributed by atoms with van der Waals surface area (Å²) in [5.41, 5.74) is 0.518. The molecule has 1 aliphatic rings. The Kier molecular flexibility index (Phi) is 5.55. The highest BCUT2D eigenvalue weighted by Crippen LogP contribution is 2.13. The monoisotopic (exact) mass is 325 g/mol. The van der Waals surface area contributed by atoms with Crippen LogP contribution in [0.3, 0.4) is 0 Å². The average molecular weight is 325 g/mol. The van der Waals surface area contributed by atoms with Gasteiger partial charge in [-0.15, -0.1) is 0 Å². The van der Waals surface area contributed by atoms with Gasteiger partial charge in [0.25, 0.3) is 5.91 Å². The van der Waals surface area contributed by atoms with E-state index in [0.717, 1.165) is 13.1 Å². The Morgan fingerprint density at radius 1 is 1.23 bits per heavy atom. The van der Waals surface area contributed by atoms with E-state index in [1.807, 2.05) is 13.8 Å². The molecule has 0 bridgehead atoms. The Morgan fingerprint density at radius 3 is 2.36 bits per heavy atom. The molecule has 1 aliphatic heterocycles. The van der Waals surface area contributed by atoms with E-state index in [9.17, 15) is 13.2 Å². The van der Waals surface area contributed by atoms with Gasteiger partial charge in [0.1, 0.15) is 0 Å². The first-order chi connectivity index (χ1) is 10.4. The van der Waals surface area contributed by atoms with Gasteiger partial charge in [-0.05, 0) is 30.2 Å². The van der Waals surface area contributed by atoms with Crippen molar-refractivity contribution in [3.05, 3.63) is 29.8 Å². The van der Waals surface area contributed by atoms with Crippen molar-refractivity contribution in [1.82, 2.24) is 14.9 Å². The van der Waals surface area contributed by atoms with E-state index in [1.54, 1.807) is 17.0 Å². The molecule has 0 aromatic heterocycles. The Bertz CT molecular complexity index is 605. The van der Waals surface area contributed by atoms with Crippen LogP contribution in [0.4, 0.5) is 0 Å². The molecule has 0 aliphatic carbocycles. The van der Waals surface area contributed by atoms with Gasteiger partial charge in [0, 0.05) is 38.3 Å². The minimum atomic E-state index is -3.51. The smallest absolute Gasteiger partial charge is 0.253 e. The lowest BCUT2D eigenvalue weighted by Crippen LogP contribution is -2.46. The number of sulfonamides is 1. The first-order valence-electron chi connectivity index (χ1n) is 7.50. The molecule has 0 saturated carbocycles. The molecule has 1 heterocycles. The molecule has 1 saturated heterocycles. The van der Waals surface area contributed by atoms with Crippen LogP contribution >= 0.6 is 0 Å². The van der Waals surface area contributed by atoms with Crippen LogP contribution in [0.1, 0.15) is 24.2 Å². The number of nitrogens with zero attached hydrogens (tertiary/aromatic N) is 1. The van der Waals surface area contributed by atoms with Crippen molar-refractivity contribution in [3.63, 3.8) is 0 Å². The number of benzene rings is 1. The quantitative estimate of drug-likeness (QED) is 0.834. The minimum absolute atomic E-state index is 0.0550. The summed E-state index contributed by atoms with van der Waals surface area (Å²) in [6.45, 7) is 7.21. The second-order valence-electron chi connectivity index (χ2n) is 5.81. The Labute approximate surface area is 131 Å². The maximum absolute atomic E-state index is 12.3. The highest BCUT2D eigenvalue weighted by atomic mass is 32.2. The van der Waals surface area contributed by atoms with Crippen molar-refractivity contribution < 1.29 is 13.2 Å². The molecule has 1 aromatic rings. The SMILES string of the molecule is CC(C)CNS(=O)(=O)c1ccc(C(=O)N2CCNCC2)cc1. The summed E-state index contributed by atoms with van der Waals surface area (Å²) in [4.78, 5) is 14.3. The van der Waals surface area contributed by atoms with Crippen LogP contribution in [0.25, 0.3) is 0 Å². The Balaban J connectivity index is 2.07. The number of amides is 1. The molecule has 0 atom stereocenters. The number of nitrogens with one attached hydrogen (secondary N) is 2. The minimum Gasteiger partial charge on any atom is -0.336 e.